The number of nitrogens with zero attached hydrogens (tertiary/aromatic N) is 1. The molecule has 276 valence electrons. The molecule has 0 radical (unpaired) electrons. The molecule has 0 bridgehead atoms. The van der Waals surface area contributed by atoms with Crippen molar-refractivity contribution in [3.05, 3.63) is 36.5 Å². The van der Waals surface area contributed by atoms with Crippen molar-refractivity contribution in [2.75, 3.05) is 40.9 Å². The van der Waals surface area contributed by atoms with E-state index in [-0.39, 0.29) is 19.1 Å². The molecule has 9 heteroatoms. The predicted octanol–water partition coefficient (Wildman–Crippen LogP) is 9.57. The van der Waals surface area contributed by atoms with Crippen LogP contribution in [0.2, 0.25) is 0 Å². The zero-order valence-electron chi connectivity index (χ0n) is 31.0. The lowest BCUT2D eigenvalue weighted by atomic mass is 10.0. The normalized spacial score (nSPS) is 15.1. The number of rotatable bonds is 33. The van der Waals surface area contributed by atoms with Gasteiger partial charge in [0.1, 0.15) is 13.2 Å². The monoisotopic (exact) mass is 686 g/mol. The maximum atomic E-state index is 12.7. The Morgan fingerprint density at radius 1 is 0.723 bits per heavy atom. The maximum Gasteiger partial charge on any atom is 0.472 e. The van der Waals surface area contributed by atoms with Crippen LogP contribution < -0.4 is 5.32 Å². The van der Waals surface area contributed by atoms with E-state index in [2.05, 4.69) is 55.6 Å². The lowest BCUT2D eigenvalue weighted by Gasteiger charge is -2.26. The van der Waals surface area contributed by atoms with Crippen molar-refractivity contribution in [3.63, 3.8) is 0 Å². The number of unbranched alkanes of at least 4 members (excludes halogenated alkanes) is 14. The molecule has 3 unspecified atom stereocenters. The number of hydrogen-bond donors (Lipinski definition) is 3. The summed E-state index contributed by atoms with van der Waals surface area (Å²) in [6.45, 7) is 4.72. The number of amides is 1. The second-order valence-electron chi connectivity index (χ2n) is 14.0. The van der Waals surface area contributed by atoms with Crippen LogP contribution in [0, 0.1) is 0 Å². The highest BCUT2D eigenvalue weighted by Gasteiger charge is 2.28. The van der Waals surface area contributed by atoms with Crippen LogP contribution in [0.1, 0.15) is 149 Å². The summed E-state index contributed by atoms with van der Waals surface area (Å²) in [7, 11) is 1.59. The minimum absolute atomic E-state index is 0.0693. The molecule has 3 N–H and O–H groups in total. The number of hydrogen-bond acceptors (Lipinski definition) is 5. The van der Waals surface area contributed by atoms with Gasteiger partial charge in [-0.15, -0.1) is 0 Å². The molecule has 0 fully saturated rings. The van der Waals surface area contributed by atoms with Crippen LogP contribution in [0.15, 0.2) is 36.5 Å². The fourth-order valence-electron chi connectivity index (χ4n) is 5.05. The molecular weight excluding hydrogens is 611 g/mol. The average Bonchev–Trinajstić information content (AvgIpc) is 3.01. The Morgan fingerprint density at radius 2 is 1.21 bits per heavy atom. The Labute approximate surface area is 289 Å². The van der Waals surface area contributed by atoms with Crippen molar-refractivity contribution in [1.82, 2.24) is 5.32 Å². The van der Waals surface area contributed by atoms with Gasteiger partial charge >= 0.3 is 7.82 Å². The number of nitrogens with one attached hydrogen (secondary N) is 1. The number of allylic oxidation sites excluding steroid dienone is 6. The van der Waals surface area contributed by atoms with Gasteiger partial charge in [0.2, 0.25) is 5.91 Å². The van der Waals surface area contributed by atoms with Gasteiger partial charge in [-0.25, -0.2) is 4.57 Å². The molecule has 0 spiro atoms. The van der Waals surface area contributed by atoms with Crippen LogP contribution >= 0.6 is 7.82 Å². The van der Waals surface area contributed by atoms with Crippen LogP contribution in [-0.4, -0.2) is 73.4 Å². The van der Waals surface area contributed by atoms with E-state index in [1.807, 2.05) is 21.1 Å². The molecule has 0 aromatic heterocycles. The van der Waals surface area contributed by atoms with Crippen molar-refractivity contribution in [1.29, 1.82) is 0 Å². The number of aliphatic hydroxyl groups is 1. The van der Waals surface area contributed by atoms with E-state index >= 15 is 0 Å². The van der Waals surface area contributed by atoms with E-state index in [0.717, 1.165) is 70.6 Å². The summed E-state index contributed by atoms with van der Waals surface area (Å²) in [5, 5.41) is 13.6. The molecule has 0 rings (SSSR count). The smallest absolute Gasteiger partial charge is 0.391 e. The molecule has 0 saturated carbocycles. The van der Waals surface area contributed by atoms with Gasteiger partial charge < -0.3 is 19.8 Å². The second kappa shape index (κ2) is 30.8. The molecular formula is C38H74N2O6P+. The standard InChI is InChI=1S/C38H73N2O6P/c1-6-8-10-12-13-14-15-16-17-18-19-20-21-22-23-24-25-26-27-28-30-32-38(42)39-36(37(41)31-29-11-9-7-2)35-46-47(43,44)45-34-33-40(3,4)5/h15-16,18-19,21-22,36-37,41H,6-14,17,20,23-35H2,1-5H3,(H-,39,42,43,44)/p+1/b16-15-,19-18-,22-21-. The Bertz CT molecular complexity index is 871. The first-order valence-electron chi connectivity index (χ1n) is 18.9. The summed E-state index contributed by atoms with van der Waals surface area (Å²) in [6, 6.07) is -0.762. The molecule has 0 heterocycles. The summed E-state index contributed by atoms with van der Waals surface area (Å²) in [5.41, 5.74) is 0. The van der Waals surface area contributed by atoms with E-state index in [1.54, 1.807) is 0 Å². The minimum atomic E-state index is -4.29. The van der Waals surface area contributed by atoms with Crippen molar-refractivity contribution in [2.24, 2.45) is 0 Å². The third-order valence-electron chi connectivity index (χ3n) is 8.14. The van der Waals surface area contributed by atoms with Crippen LogP contribution in [0.25, 0.3) is 0 Å². The van der Waals surface area contributed by atoms with Gasteiger partial charge in [-0.1, -0.05) is 127 Å². The van der Waals surface area contributed by atoms with E-state index in [1.165, 1.54) is 51.4 Å². The fourth-order valence-corrected chi connectivity index (χ4v) is 5.79. The third-order valence-corrected chi connectivity index (χ3v) is 9.13. The van der Waals surface area contributed by atoms with Gasteiger partial charge in [-0.3, -0.25) is 13.8 Å². The SMILES string of the molecule is CCCCCCC/C=C\C/C=C\C/C=C\CCCCCCCCC(=O)NC(COP(=O)(O)OCC[N+](C)(C)C)C(O)CCCCCC. The summed E-state index contributed by atoms with van der Waals surface area (Å²) in [6.07, 6.45) is 35.1. The first-order chi connectivity index (χ1) is 22.5. The van der Waals surface area contributed by atoms with Crippen LogP contribution in [0.3, 0.4) is 0 Å². The first-order valence-corrected chi connectivity index (χ1v) is 20.3. The van der Waals surface area contributed by atoms with Crippen molar-refractivity contribution in [3.8, 4) is 0 Å². The molecule has 0 aliphatic heterocycles. The predicted molar refractivity (Wildman–Crippen MR) is 198 cm³/mol. The quantitative estimate of drug-likeness (QED) is 0.0275. The van der Waals surface area contributed by atoms with E-state index < -0.39 is 20.0 Å². The molecule has 1 amide bonds. The Hall–Kier alpha value is -1.28. The van der Waals surface area contributed by atoms with Crippen molar-refractivity contribution < 1.29 is 32.9 Å². The van der Waals surface area contributed by atoms with Crippen molar-refractivity contribution in [2.45, 2.75) is 161 Å². The molecule has 0 aliphatic rings. The lowest BCUT2D eigenvalue weighted by Crippen LogP contribution is -2.46. The molecule has 3 atom stereocenters. The van der Waals surface area contributed by atoms with Gasteiger partial charge in [0.05, 0.1) is 39.9 Å². The number of quaternary nitrogens is 1. The molecule has 47 heavy (non-hydrogen) atoms. The maximum absolute atomic E-state index is 12.7. The molecule has 0 aliphatic carbocycles. The highest BCUT2D eigenvalue weighted by molar-refractivity contribution is 7.47. The zero-order chi connectivity index (χ0) is 35.1. The van der Waals surface area contributed by atoms with Gasteiger partial charge in [0.25, 0.3) is 0 Å². The van der Waals surface area contributed by atoms with Gasteiger partial charge in [0, 0.05) is 6.42 Å². The number of phosphoric ester groups is 1. The number of likely N-dealkylation sites (N-methyl/N-ethyl adjacent to an activating group) is 1. The van der Waals surface area contributed by atoms with Crippen LogP contribution in [0.5, 0.6) is 0 Å². The molecule has 0 aromatic carbocycles. The fraction of sp³-hybridized carbons (Fsp3) is 0.816. The average molecular weight is 686 g/mol. The lowest BCUT2D eigenvalue weighted by molar-refractivity contribution is -0.870. The molecule has 8 nitrogen and oxygen atoms in total. The van der Waals surface area contributed by atoms with E-state index in [4.69, 9.17) is 9.05 Å². The highest BCUT2D eigenvalue weighted by atomic mass is 31.2. The second-order valence-corrected chi connectivity index (χ2v) is 15.4. The van der Waals surface area contributed by atoms with Gasteiger partial charge in [-0.05, 0) is 51.4 Å². The van der Waals surface area contributed by atoms with E-state index in [9.17, 15) is 19.4 Å². The van der Waals surface area contributed by atoms with Gasteiger partial charge in [-0.2, -0.15) is 0 Å². The zero-order valence-corrected chi connectivity index (χ0v) is 31.9. The summed E-state index contributed by atoms with van der Waals surface area (Å²) in [4.78, 5) is 22.8. The largest absolute Gasteiger partial charge is 0.472 e. The number of carbonyl (C=O) groups is 1. The third kappa shape index (κ3) is 33.0. The summed E-state index contributed by atoms with van der Waals surface area (Å²) in [5.74, 6) is -0.169. The van der Waals surface area contributed by atoms with Crippen LogP contribution in [-0.2, 0) is 18.4 Å². The van der Waals surface area contributed by atoms with E-state index in [0.29, 0.717) is 23.9 Å². The topological polar surface area (TPSA) is 105 Å². The Balaban J connectivity index is 4.16. The number of aliphatic hydroxyl groups excluding tert-OH is 1. The van der Waals surface area contributed by atoms with Crippen LogP contribution in [0.4, 0.5) is 0 Å². The summed E-state index contributed by atoms with van der Waals surface area (Å²) < 4.78 is 23.3. The minimum Gasteiger partial charge on any atom is -0.391 e. The Morgan fingerprint density at radius 3 is 1.77 bits per heavy atom. The highest BCUT2D eigenvalue weighted by Crippen LogP contribution is 2.43. The number of carbonyl (C=O) groups excluding carboxylic acids is 1. The first kappa shape index (κ1) is 45.7. The number of phosphoric acid groups is 1. The van der Waals surface area contributed by atoms with Gasteiger partial charge in [0.15, 0.2) is 0 Å². The molecule has 0 saturated heterocycles. The molecule has 0 aromatic rings. The Kier molecular flexibility index (Phi) is 29.9. The van der Waals surface area contributed by atoms with Crippen molar-refractivity contribution >= 4 is 13.7 Å². The summed E-state index contributed by atoms with van der Waals surface area (Å²) >= 11 is 0.